The van der Waals surface area contributed by atoms with Crippen LogP contribution in [0, 0.1) is 0 Å². The molecule has 1 aliphatic rings. The van der Waals surface area contributed by atoms with E-state index in [1.54, 1.807) is 4.90 Å². The van der Waals surface area contributed by atoms with Crippen molar-refractivity contribution < 1.29 is 4.79 Å². The van der Waals surface area contributed by atoms with Crippen LogP contribution in [0.1, 0.15) is 6.92 Å². The van der Waals surface area contributed by atoms with E-state index >= 15 is 0 Å². The Kier molecular flexibility index (Phi) is 1.42. The lowest BCUT2D eigenvalue weighted by molar-refractivity contribution is -0.116. The van der Waals surface area contributed by atoms with Gasteiger partial charge in [-0.2, -0.15) is 0 Å². The van der Waals surface area contributed by atoms with E-state index in [2.05, 4.69) is 0 Å². The van der Waals surface area contributed by atoms with Crippen molar-refractivity contribution in [1.29, 1.82) is 0 Å². The molecule has 0 aliphatic carbocycles. The Labute approximate surface area is 54.5 Å². The maximum atomic E-state index is 10.2. The molecule has 0 bridgehead atoms. The minimum Gasteiger partial charge on any atom is -0.359 e. The molecule has 0 atom stereocenters. The Bertz CT molecular complexity index is 153. The van der Waals surface area contributed by atoms with Crippen molar-refractivity contribution in [3.8, 4) is 0 Å². The molecule has 3 heteroatoms. The normalized spacial score (nSPS) is 18.2. The third kappa shape index (κ3) is 1.04. The van der Waals surface area contributed by atoms with Gasteiger partial charge in [-0.1, -0.05) is 0 Å². The van der Waals surface area contributed by atoms with Crippen molar-refractivity contribution in [3.63, 3.8) is 0 Å². The van der Waals surface area contributed by atoms with E-state index in [0.717, 1.165) is 12.1 Å². The molecule has 0 saturated carbocycles. The summed E-state index contributed by atoms with van der Waals surface area (Å²) in [6.07, 6.45) is 2.65. The standard InChI is InChI=1S/C6H10N2O/c1-6-3-8(5-9)4-7(6)2/h3,5H,4H2,1-2H3. The van der Waals surface area contributed by atoms with E-state index in [4.69, 9.17) is 0 Å². The number of carbonyl (C=O) groups excluding carboxylic acids is 1. The van der Waals surface area contributed by atoms with Gasteiger partial charge in [0.15, 0.2) is 0 Å². The lowest BCUT2D eigenvalue weighted by Crippen LogP contribution is -2.21. The zero-order valence-electron chi connectivity index (χ0n) is 5.66. The summed E-state index contributed by atoms with van der Waals surface area (Å²) in [6.45, 7) is 2.67. The zero-order chi connectivity index (χ0) is 6.85. The van der Waals surface area contributed by atoms with Crippen LogP contribution in [0.25, 0.3) is 0 Å². The molecule has 1 heterocycles. The second kappa shape index (κ2) is 2.09. The molecule has 50 valence electrons. The average molecular weight is 126 g/mol. The van der Waals surface area contributed by atoms with Gasteiger partial charge in [-0.3, -0.25) is 4.79 Å². The highest BCUT2D eigenvalue weighted by Gasteiger charge is 2.11. The van der Waals surface area contributed by atoms with E-state index < -0.39 is 0 Å². The van der Waals surface area contributed by atoms with E-state index in [1.165, 1.54) is 0 Å². The Morgan fingerprint density at radius 3 is 2.67 bits per heavy atom. The van der Waals surface area contributed by atoms with Gasteiger partial charge in [0.05, 0.1) is 6.67 Å². The fraction of sp³-hybridized carbons (Fsp3) is 0.500. The number of amides is 1. The third-order valence-electron chi connectivity index (χ3n) is 1.47. The number of hydrogen-bond donors (Lipinski definition) is 0. The highest BCUT2D eigenvalue weighted by Crippen LogP contribution is 2.09. The van der Waals surface area contributed by atoms with Gasteiger partial charge >= 0.3 is 0 Å². The van der Waals surface area contributed by atoms with Crippen LogP contribution in [0.5, 0.6) is 0 Å². The monoisotopic (exact) mass is 126 g/mol. The SMILES string of the molecule is CC1=CN(C=O)CN1C. The van der Waals surface area contributed by atoms with E-state index in [1.807, 2.05) is 25.1 Å². The van der Waals surface area contributed by atoms with Gasteiger partial charge in [-0.25, -0.2) is 0 Å². The Morgan fingerprint density at radius 2 is 2.44 bits per heavy atom. The van der Waals surface area contributed by atoms with E-state index in [-0.39, 0.29) is 0 Å². The number of nitrogens with zero attached hydrogens (tertiary/aromatic N) is 2. The first-order valence-corrected chi connectivity index (χ1v) is 2.84. The molecule has 3 nitrogen and oxygen atoms in total. The number of hydrogen-bond acceptors (Lipinski definition) is 2. The number of carbonyl (C=O) groups is 1. The van der Waals surface area contributed by atoms with Crippen LogP contribution >= 0.6 is 0 Å². The van der Waals surface area contributed by atoms with Crippen LogP contribution in [0.2, 0.25) is 0 Å². The molecule has 0 aromatic rings. The smallest absolute Gasteiger partial charge is 0.215 e. The Hall–Kier alpha value is -0.990. The fourth-order valence-electron chi connectivity index (χ4n) is 0.800. The van der Waals surface area contributed by atoms with Crippen LogP contribution in [0.4, 0.5) is 0 Å². The summed E-state index contributed by atoms with van der Waals surface area (Å²) in [4.78, 5) is 13.8. The average Bonchev–Trinajstić information content (AvgIpc) is 2.13. The molecule has 0 unspecified atom stereocenters. The summed E-state index contributed by atoms with van der Waals surface area (Å²) in [6, 6.07) is 0. The van der Waals surface area contributed by atoms with Crippen molar-refractivity contribution in [3.05, 3.63) is 11.9 Å². The first-order chi connectivity index (χ1) is 4.24. The van der Waals surface area contributed by atoms with Crippen LogP contribution in [0.3, 0.4) is 0 Å². The van der Waals surface area contributed by atoms with E-state index in [9.17, 15) is 4.79 Å². The van der Waals surface area contributed by atoms with E-state index in [0.29, 0.717) is 6.67 Å². The maximum Gasteiger partial charge on any atom is 0.215 e. The van der Waals surface area contributed by atoms with Crippen molar-refractivity contribution >= 4 is 6.41 Å². The fourth-order valence-corrected chi connectivity index (χ4v) is 0.800. The molecule has 1 rings (SSSR count). The van der Waals surface area contributed by atoms with Crippen LogP contribution in [-0.2, 0) is 4.79 Å². The summed E-state index contributed by atoms with van der Waals surface area (Å²) >= 11 is 0. The molecule has 0 aromatic heterocycles. The predicted octanol–water partition coefficient (Wildman–Crippen LogP) is 0.209. The van der Waals surface area contributed by atoms with Crippen molar-refractivity contribution in [2.24, 2.45) is 0 Å². The first-order valence-electron chi connectivity index (χ1n) is 2.84. The highest BCUT2D eigenvalue weighted by molar-refractivity contribution is 5.50. The molecule has 0 spiro atoms. The van der Waals surface area contributed by atoms with Gasteiger partial charge in [0.1, 0.15) is 0 Å². The molecule has 9 heavy (non-hydrogen) atoms. The molecule has 0 saturated heterocycles. The maximum absolute atomic E-state index is 10.2. The Morgan fingerprint density at radius 1 is 1.78 bits per heavy atom. The van der Waals surface area contributed by atoms with Gasteiger partial charge in [-0.05, 0) is 6.92 Å². The lowest BCUT2D eigenvalue weighted by atomic mass is 10.5. The summed E-state index contributed by atoms with van der Waals surface area (Å²) in [5.74, 6) is 0. The second-order valence-corrected chi connectivity index (χ2v) is 2.23. The second-order valence-electron chi connectivity index (χ2n) is 2.23. The summed E-state index contributed by atoms with van der Waals surface area (Å²) in [5.41, 5.74) is 1.13. The third-order valence-corrected chi connectivity index (χ3v) is 1.47. The van der Waals surface area contributed by atoms with Crippen LogP contribution < -0.4 is 0 Å². The van der Waals surface area contributed by atoms with Gasteiger partial charge in [0.25, 0.3) is 0 Å². The van der Waals surface area contributed by atoms with Gasteiger partial charge in [-0.15, -0.1) is 0 Å². The quantitative estimate of drug-likeness (QED) is 0.469. The molecule has 0 radical (unpaired) electrons. The van der Waals surface area contributed by atoms with Gasteiger partial charge in [0.2, 0.25) is 6.41 Å². The van der Waals surface area contributed by atoms with Crippen molar-refractivity contribution in [2.75, 3.05) is 13.7 Å². The molecule has 1 amide bonds. The van der Waals surface area contributed by atoms with Gasteiger partial charge in [0, 0.05) is 18.9 Å². The van der Waals surface area contributed by atoms with Crippen LogP contribution in [0.15, 0.2) is 11.9 Å². The summed E-state index contributed by atoms with van der Waals surface area (Å²) < 4.78 is 0. The van der Waals surface area contributed by atoms with Gasteiger partial charge < -0.3 is 9.80 Å². The molecule has 0 N–H and O–H groups in total. The topological polar surface area (TPSA) is 23.6 Å². The highest BCUT2D eigenvalue weighted by atomic mass is 16.1. The van der Waals surface area contributed by atoms with Crippen molar-refractivity contribution in [2.45, 2.75) is 6.92 Å². The molecular formula is C6H10N2O. The minimum absolute atomic E-state index is 0.690. The zero-order valence-corrected chi connectivity index (χ0v) is 5.66. The van der Waals surface area contributed by atoms with Crippen LogP contribution in [-0.4, -0.2) is 29.9 Å². The molecule has 0 aromatic carbocycles. The largest absolute Gasteiger partial charge is 0.359 e. The molecular weight excluding hydrogens is 116 g/mol. The Balaban J connectivity index is 2.62. The first kappa shape index (κ1) is 6.13. The predicted molar refractivity (Wildman–Crippen MR) is 34.3 cm³/mol. The lowest BCUT2D eigenvalue weighted by Gasteiger charge is -2.12. The summed E-state index contributed by atoms with van der Waals surface area (Å²) in [7, 11) is 1.95. The minimum atomic E-state index is 0.690. The molecule has 1 aliphatic heterocycles. The van der Waals surface area contributed by atoms with Crippen molar-refractivity contribution in [1.82, 2.24) is 9.80 Å². The molecule has 0 fully saturated rings. The number of allylic oxidation sites excluding steroid dienone is 1. The number of rotatable bonds is 1. The summed E-state index contributed by atoms with van der Waals surface area (Å²) in [5, 5.41) is 0.